The van der Waals surface area contributed by atoms with Crippen molar-refractivity contribution >= 4 is 23.5 Å². The van der Waals surface area contributed by atoms with E-state index in [4.69, 9.17) is 13.9 Å². The monoisotopic (exact) mass is 374 g/mol. The van der Waals surface area contributed by atoms with Gasteiger partial charge in [-0.25, -0.2) is 4.79 Å². The van der Waals surface area contributed by atoms with Crippen LogP contribution in [0.4, 0.5) is 5.69 Å². The average Bonchev–Trinajstić information content (AvgIpc) is 3.18. The number of esters is 1. The lowest BCUT2D eigenvalue weighted by Gasteiger charge is -2.17. The lowest BCUT2D eigenvalue weighted by Crippen LogP contribution is -2.42. The number of furan rings is 1. The van der Waals surface area contributed by atoms with Crippen LogP contribution in [0, 0.1) is 0 Å². The van der Waals surface area contributed by atoms with E-state index in [-0.39, 0.29) is 5.76 Å². The van der Waals surface area contributed by atoms with Crippen molar-refractivity contribution in [2.45, 2.75) is 32.9 Å². The van der Waals surface area contributed by atoms with E-state index in [1.807, 2.05) is 6.92 Å². The number of hydrogen-bond donors (Lipinski definition) is 2. The first-order chi connectivity index (χ1) is 12.9. The van der Waals surface area contributed by atoms with Gasteiger partial charge in [0, 0.05) is 5.69 Å². The van der Waals surface area contributed by atoms with Crippen LogP contribution >= 0.6 is 0 Å². The average molecular weight is 374 g/mol. The fourth-order valence-electron chi connectivity index (χ4n) is 2.11. The molecule has 1 aromatic heterocycles. The highest BCUT2D eigenvalue weighted by Gasteiger charge is 2.24. The predicted molar refractivity (Wildman–Crippen MR) is 97.4 cm³/mol. The molecule has 2 amide bonds. The summed E-state index contributed by atoms with van der Waals surface area (Å²) in [6.45, 7) is 5.33. The summed E-state index contributed by atoms with van der Waals surface area (Å²) in [6.07, 6.45) is 0.317. The van der Waals surface area contributed by atoms with E-state index in [1.165, 1.54) is 26.2 Å². The SMILES string of the molecule is CCOc1ccc(NC(=O)[C@@H](C)OC(=O)[C@H](C)NC(=O)c2ccco2)cc1. The summed E-state index contributed by atoms with van der Waals surface area (Å²) in [5, 5.41) is 5.09. The quantitative estimate of drug-likeness (QED) is 0.687. The lowest BCUT2D eigenvalue weighted by atomic mass is 10.2. The summed E-state index contributed by atoms with van der Waals surface area (Å²) in [4.78, 5) is 36.1. The first kappa shape index (κ1) is 20.0. The Morgan fingerprint density at radius 3 is 2.41 bits per heavy atom. The molecule has 8 nitrogen and oxygen atoms in total. The predicted octanol–water partition coefficient (Wildman–Crippen LogP) is 2.37. The molecule has 0 radical (unpaired) electrons. The maximum absolute atomic E-state index is 12.2. The van der Waals surface area contributed by atoms with Crippen molar-refractivity contribution in [2.75, 3.05) is 11.9 Å². The third kappa shape index (κ3) is 5.88. The Balaban J connectivity index is 1.83. The van der Waals surface area contributed by atoms with Gasteiger partial charge < -0.3 is 24.5 Å². The van der Waals surface area contributed by atoms with Crippen LogP contribution in [0.2, 0.25) is 0 Å². The third-order valence-electron chi connectivity index (χ3n) is 3.54. The van der Waals surface area contributed by atoms with E-state index in [1.54, 1.807) is 30.3 Å². The van der Waals surface area contributed by atoms with Crippen LogP contribution in [-0.2, 0) is 14.3 Å². The zero-order valence-corrected chi connectivity index (χ0v) is 15.4. The molecule has 8 heteroatoms. The van der Waals surface area contributed by atoms with Gasteiger partial charge in [0.15, 0.2) is 11.9 Å². The Hall–Kier alpha value is -3.29. The number of ether oxygens (including phenoxy) is 2. The van der Waals surface area contributed by atoms with Crippen LogP contribution in [0.1, 0.15) is 31.3 Å². The van der Waals surface area contributed by atoms with Crippen molar-refractivity contribution in [1.29, 1.82) is 0 Å². The Bertz CT molecular complexity index is 770. The summed E-state index contributed by atoms with van der Waals surface area (Å²) >= 11 is 0. The molecule has 2 aromatic rings. The summed E-state index contributed by atoms with van der Waals surface area (Å²) in [5.74, 6) is -0.996. The fourth-order valence-corrected chi connectivity index (χ4v) is 2.11. The number of benzene rings is 1. The van der Waals surface area contributed by atoms with E-state index in [2.05, 4.69) is 10.6 Å². The van der Waals surface area contributed by atoms with Crippen molar-refractivity contribution in [2.24, 2.45) is 0 Å². The molecule has 0 spiro atoms. The number of hydrogen-bond acceptors (Lipinski definition) is 6. The second-order valence-corrected chi connectivity index (χ2v) is 5.70. The maximum atomic E-state index is 12.2. The number of carbonyl (C=O) groups is 3. The molecule has 0 aliphatic rings. The Morgan fingerprint density at radius 1 is 1.11 bits per heavy atom. The second kappa shape index (κ2) is 9.42. The first-order valence-corrected chi connectivity index (χ1v) is 8.49. The molecule has 0 saturated carbocycles. The van der Waals surface area contributed by atoms with Gasteiger partial charge in [-0.1, -0.05) is 0 Å². The Labute approximate surface area is 156 Å². The summed E-state index contributed by atoms with van der Waals surface area (Å²) in [6, 6.07) is 8.91. The van der Waals surface area contributed by atoms with Crippen LogP contribution in [-0.4, -0.2) is 36.5 Å². The van der Waals surface area contributed by atoms with Gasteiger partial charge in [0.25, 0.3) is 11.8 Å². The highest BCUT2D eigenvalue weighted by atomic mass is 16.5. The standard InChI is InChI=1S/C19H22N2O6/c1-4-25-15-9-7-14(8-10-15)21-17(22)13(3)27-19(24)12(2)20-18(23)16-6-5-11-26-16/h5-13H,4H2,1-3H3,(H,20,23)(H,21,22)/t12-,13+/m0/s1. The molecule has 0 unspecified atom stereocenters. The molecular weight excluding hydrogens is 352 g/mol. The maximum Gasteiger partial charge on any atom is 0.329 e. The van der Waals surface area contributed by atoms with Gasteiger partial charge in [0.2, 0.25) is 0 Å². The van der Waals surface area contributed by atoms with Crippen LogP contribution in [0.5, 0.6) is 5.75 Å². The van der Waals surface area contributed by atoms with Gasteiger partial charge in [0.1, 0.15) is 11.8 Å². The minimum atomic E-state index is -1.04. The zero-order chi connectivity index (χ0) is 19.8. The minimum Gasteiger partial charge on any atom is -0.494 e. The smallest absolute Gasteiger partial charge is 0.329 e. The first-order valence-electron chi connectivity index (χ1n) is 8.49. The van der Waals surface area contributed by atoms with Gasteiger partial charge in [-0.05, 0) is 57.2 Å². The van der Waals surface area contributed by atoms with E-state index in [0.717, 1.165) is 0 Å². The van der Waals surface area contributed by atoms with E-state index >= 15 is 0 Å². The number of amides is 2. The molecule has 2 N–H and O–H groups in total. The van der Waals surface area contributed by atoms with Crippen molar-refractivity contribution in [3.8, 4) is 5.75 Å². The third-order valence-corrected chi connectivity index (χ3v) is 3.54. The Kier molecular flexibility index (Phi) is 6.99. The summed E-state index contributed by atoms with van der Waals surface area (Å²) < 4.78 is 15.4. The highest BCUT2D eigenvalue weighted by Crippen LogP contribution is 2.16. The van der Waals surface area contributed by atoms with Gasteiger partial charge in [-0.15, -0.1) is 0 Å². The number of carbonyl (C=O) groups excluding carboxylic acids is 3. The molecule has 0 saturated heterocycles. The molecule has 27 heavy (non-hydrogen) atoms. The van der Waals surface area contributed by atoms with Crippen molar-refractivity contribution in [3.05, 3.63) is 48.4 Å². The highest BCUT2D eigenvalue weighted by molar-refractivity contribution is 5.97. The molecular formula is C19H22N2O6. The largest absolute Gasteiger partial charge is 0.494 e. The van der Waals surface area contributed by atoms with Gasteiger partial charge in [-0.3, -0.25) is 9.59 Å². The lowest BCUT2D eigenvalue weighted by molar-refractivity contribution is -0.154. The van der Waals surface area contributed by atoms with Crippen molar-refractivity contribution in [3.63, 3.8) is 0 Å². The molecule has 1 aromatic carbocycles. The van der Waals surface area contributed by atoms with Gasteiger partial charge in [0.05, 0.1) is 12.9 Å². The second-order valence-electron chi connectivity index (χ2n) is 5.70. The van der Waals surface area contributed by atoms with Crippen LogP contribution in [0.3, 0.4) is 0 Å². The molecule has 0 fully saturated rings. The molecule has 2 rings (SSSR count). The minimum absolute atomic E-state index is 0.0796. The molecule has 0 aliphatic carbocycles. The zero-order valence-electron chi connectivity index (χ0n) is 15.4. The van der Waals surface area contributed by atoms with Crippen LogP contribution in [0.15, 0.2) is 47.1 Å². The fraction of sp³-hybridized carbons (Fsp3) is 0.316. The number of nitrogens with one attached hydrogen (secondary N) is 2. The van der Waals surface area contributed by atoms with Crippen molar-refractivity contribution in [1.82, 2.24) is 5.32 Å². The normalized spacial score (nSPS) is 12.6. The Morgan fingerprint density at radius 2 is 1.81 bits per heavy atom. The summed E-state index contributed by atoms with van der Waals surface area (Å²) in [7, 11) is 0. The van der Waals surface area contributed by atoms with Crippen LogP contribution < -0.4 is 15.4 Å². The molecule has 1 heterocycles. The molecule has 144 valence electrons. The van der Waals surface area contributed by atoms with Crippen LogP contribution in [0.25, 0.3) is 0 Å². The molecule has 2 atom stereocenters. The molecule has 0 aliphatic heterocycles. The number of rotatable bonds is 8. The van der Waals surface area contributed by atoms with E-state index < -0.39 is 29.9 Å². The summed E-state index contributed by atoms with van der Waals surface area (Å²) in [5.41, 5.74) is 0.547. The van der Waals surface area contributed by atoms with Gasteiger partial charge in [-0.2, -0.15) is 0 Å². The number of anilines is 1. The van der Waals surface area contributed by atoms with E-state index in [9.17, 15) is 14.4 Å². The van der Waals surface area contributed by atoms with E-state index in [0.29, 0.717) is 18.0 Å². The molecule has 0 bridgehead atoms. The topological polar surface area (TPSA) is 107 Å². The van der Waals surface area contributed by atoms with Gasteiger partial charge >= 0.3 is 5.97 Å². The van der Waals surface area contributed by atoms with Crippen molar-refractivity contribution < 1.29 is 28.3 Å².